The lowest BCUT2D eigenvalue weighted by atomic mass is 10.1. The van der Waals surface area contributed by atoms with E-state index in [-0.39, 0.29) is 0 Å². The van der Waals surface area contributed by atoms with Crippen LogP contribution in [0.5, 0.6) is 0 Å². The second kappa shape index (κ2) is 8.38. The molecule has 0 radical (unpaired) electrons. The molecule has 3 heteroatoms. The van der Waals surface area contributed by atoms with Crippen molar-refractivity contribution in [2.45, 2.75) is 0 Å². The van der Waals surface area contributed by atoms with Gasteiger partial charge in [-0.25, -0.2) is 0 Å². The number of pyridine rings is 1. The zero-order valence-corrected chi connectivity index (χ0v) is 18.7. The number of hydrogen-bond acceptors (Lipinski definition) is 1. The molecule has 3 heterocycles. The van der Waals surface area contributed by atoms with E-state index < -0.39 is 0 Å². The van der Waals surface area contributed by atoms with Crippen molar-refractivity contribution in [3.63, 3.8) is 0 Å². The highest BCUT2D eigenvalue weighted by atomic mass is 15.0. The van der Waals surface area contributed by atoms with Crippen LogP contribution in [0.25, 0.3) is 50.2 Å². The molecule has 0 saturated carbocycles. The molecule has 0 bridgehead atoms. The molecule has 0 unspecified atom stereocenters. The molecule has 0 aliphatic rings. The van der Waals surface area contributed by atoms with Crippen LogP contribution < -0.4 is 0 Å². The summed E-state index contributed by atoms with van der Waals surface area (Å²) in [5.41, 5.74) is 6.67. The van der Waals surface area contributed by atoms with E-state index in [1.165, 1.54) is 38.4 Å². The van der Waals surface area contributed by atoms with Crippen LogP contribution in [-0.4, -0.2) is 14.1 Å². The van der Waals surface area contributed by atoms with Gasteiger partial charge in [0.05, 0.1) is 22.2 Å². The lowest BCUT2D eigenvalue weighted by molar-refractivity contribution is 1.18. The lowest BCUT2D eigenvalue weighted by Crippen LogP contribution is -1.92. The average molecular weight is 438 g/mol. The minimum atomic E-state index is 0.912. The Bertz CT molecular complexity index is 1700. The van der Waals surface area contributed by atoms with Gasteiger partial charge in [-0.2, -0.15) is 0 Å². The minimum Gasteiger partial charge on any atom is -0.323 e. The van der Waals surface area contributed by atoms with Gasteiger partial charge in [0, 0.05) is 40.4 Å². The highest BCUT2D eigenvalue weighted by Gasteiger charge is 2.15. The van der Waals surface area contributed by atoms with Gasteiger partial charge in [0.15, 0.2) is 0 Å². The van der Waals surface area contributed by atoms with Crippen molar-refractivity contribution in [1.82, 2.24) is 14.1 Å². The number of hydrogen-bond donors (Lipinski definition) is 0. The Morgan fingerprint density at radius 1 is 0.735 bits per heavy atom. The molecule has 6 rings (SSSR count). The second-order valence-electron chi connectivity index (χ2n) is 8.19. The first-order valence-electron chi connectivity index (χ1n) is 11.4. The van der Waals surface area contributed by atoms with E-state index in [9.17, 15) is 0 Å². The molecule has 0 spiro atoms. The Kier molecular flexibility index (Phi) is 4.93. The second-order valence-corrected chi connectivity index (χ2v) is 8.19. The number of nitrogens with zero attached hydrogens (tertiary/aromatic N) is 3. The summed E-state index contributed by atoms with van der Waals surface area (Å²) in [5.74, 6) is 0. The summed E-state index contributed by atoms with van der Waals surface area (Å²) in [6.07, 6.45) is 11.9. The summed E-state index contributed by atoms with van der Waals surface area (Å²) < 4.78 is 4.52. The molecule has 0 amide bonds. The summed E-state index contributed by atoms with van der Waals surface area (Å²) in [7, 11) is 0. The smallest absolute Gasteiger partial charge is 0.0701 e. The molecule has 0 N–H and O–H groups in total. The lowest BCUT2D eigenvalue weighted by Gasteiger charge is -2.07. The van der Waals surface area contributed by atoms with Crippen molar-refractivity contribution in [3.05, 3.63) is 134 Å². The fraction of sp³-hybridized carbons (Fsp3) is 0. The third-order valence-electron chi connectivity index (χ3n) is 6.25. The number of benzene rings is 3. The largest absolute Gasteiger partial charge is 0.323 e. The molecule has 3 nitrogen and oxygen atoms in total. The molecule has 0 saturated heterocycles. The molecule has 6 aromatic rings. The fourth-order valence-corrected chi connectivity index (χ4v) is 4.72. The Morgan fingerprint density at radius 2 is 1.50 bits per heavy atom. The zero-order chi connectivity index (χ0) is 22.9. The molecule has 162 valence electrons. The summed E-state index contributed by atoms with van der Waals surface area (Å²) >= 11 is 0. The van der Waals surface area contributed by atoms with Gasteiger partial charge in [0.1, 0.15) is 0 Å². The van der Waals surface area contributed by atoms with E-state index in [4.69, 9.17) is 0 Å². The van der Waals surface area contributed by atoms with Crippen molar-refractivity contribution >= 4 is 44.5 Å². The maximum atomic E-state index is 4.42. The summed E-state index contributed by atoms with van der Waals surface area (Å²) in [6, 6.07) is 31.7. The quantitative estimate of drug-likeness (QED) is 0.252. The van der Waals surface area contributed by atoms with Gasteiger partial charge in [-0.05, 0) is 60.2 Å². The van der Waals surface area contributed by atoms with Crippen LogP contribution in [0, 0.1) is 0 Å². The average Bonchev–Trinajstić information content (AvgIpc) is 3.46. The van der Waals surface area contributed by atoms with Gasteiger partial charge >= 0.3 is 0 Å². The monoisotopic (exact) mass is 437 g/mol. The van der Waals surface area contributed by atoms with E-state index >= 15 is 0 Å². The zero-order valence-electron chi connectivity index (χ0n) is 18.7. The molecule has 0 atom stereocenters. The number of fused-ring (bicyclic) bond motifs is 5. The van der Waals surface area contributed by atoms with Crippen molar-refractivity contribution in [2.24, 2.45) is 0 Å². The fourth-order valence-electron chi connectivity index (χ4n) is 4.72. The van der Waals surface area contributed by atoms with Crippen molar-refractivity contribution in [1.29, 1.82) is 0 Å². The van der Waals surface area contributed by atoms with Crippen LogP contribution >= 0.6 is 0 Å². The Balaban J connectivity index is 1.50. The first-order valence-corrected chi connectivity index (χ1v) is 11.4. The van der Waals surface area contributed by atoms with E-state index in [0.29, 0.717) is 0 Å². The standard InChI is InChI=1S/C31H23N3/c1-2-23(27-15-8-9-20-32-27)11-10-21-33-22-19-26-28(33)17-18-30-31(26)25-14-6-7-16-29(25)34(30)24-12-4-3-5-13-24/h2-22H,1H2/b21-10+,23-11+. The summed E-state index contributed by atoms with van der Waals surface area (Å²) in [4.78, 5) is 4.42. The highest BCUT2D eigenvalue weighted by Crippen LogP contribution is 2.37. The van der Waals surface area contributed by atoms with Gasteiger partial charge in [0.2, 0.25) is 0 Å². The van der Waals surface area contributed by atoms with Crippen molar-refractivity contribution < 1.29 is 0 Å². The number of para-hydroxylation sites is 2. The predicted molar refractivity (Wildman–Crippen MR) is 144 cm³/mol. The predicted octanol–water partition coefficient (Wildman–Crippen LogP) is 7.87. The van der Waals surface area contributed by atoms with Crippen molar-refractivity contribution in [2.75, 3.05) is 0 Å². The Hall–Kier alpha value is -4.63. The van der Waals surface area contributed by atoms with Gasteiger partial charge in [0.25, 0.3) is 0 Å². The number of rotatable bonds is 5. The normalized spacial score (nSPS) is 12.3. The number of aromatic nitrogens is 3. The van der Waals surface area contributed by atoms with E-state index in [2.05, 4.69) is 106 Å². The molecule has 0 aliphatic carbocycles. The van der Waals surface area contributed by atoms with Crippen LogP contribution in [0.4, 0.5) is 0 Å². The molecule has 34 heavy (non-hydrogen) atoms. The Morgan fingerprint density at radius 3 is 2.32 bits per heavy atom. The third kappa shape index (κ3) is 3.26. The maximum Gasteiger partial charge on any atom is 0.0701 e. The first kappa shape index (κ1) is 20.0. The first-order chi connectivity index (χ1) is 16.8. The van der Waals surface area contributed by atoms with E-state index in [1.54, 1.807) is 6.20 Å². The highest BCUT2D eigenvalue weighted by molar-refractivity contribution is 6.21. The van der Waals surface area contributed by atoms with Gasteiger partial charge < -0.3 is 9.13 Å². The van der Waals surface area contributed by atoms with Crippen LogP contribution in [0.2, 0.25) is 0 Å². The third-order valence-corrected chi connectivity index (χ3v) is 6.25. The molecule has 3 aromatic heterocycles. The summed E-state index contributed by atoms with van der Waals surface area (Å²) in [6.45, 7) is 3.94. The van der Waals surface area contributed by atoms with E-state index in [1.807, 2.05) is 36.4 Å². The minimum absolute atomic E-state index is 0.912. The van der Waals surface area contributed by atoms with Gasteiger partial charge in [-0.1, -0.05) is 61.2 Å². The van der Waals surface area contributed by atoms with Crippen LogP contribution in [-0.2, 0) is 0 Å². The Labute approximate surface area is 198 Å². The molecular formula is C31H23N3. The molecule has 0 aliphatic heterocycles. The molecule has 3 aromatic carbocycles. The molecular weight excluding hydrogens is 414 g/mol. The van der Waals surface area contributed by atoms with E-state index in [0.717, 1.165) is 11.3 Å². The molecule has 0 fully saturated rings. The van der Waals surface area contributed by atoms with Crippen LogP contribution in [0.1, 0.15) is 5.69 Å². The topological polar surface area (TPSA) is 22.8 Å². The maximum absolute atomic E-state index is 4.42. The van der Waals surface area contributed by atoms with Gasteiger partial charge in [-0.3, -0.25) is 4.98 Å². The van der Waals surface area contributed by atoms with Crippen molar-refractivity contribution in [3.8, 4) is 5.69 Å². The van der Waals surface area contributed by atoms with Gasteiger partial charge in [-0.15, -0.1) is 0 Å². The SMILES string of the molecule is C=C/C(=C\C=C\n1ccc2c3c4ccccc4n(-c4ccccc4)c3ccc21)c1ccccn1. The van der Waals surface area contributed by atoms with Crippen LogP contribution in [0.3, 0.4) is 0 Å². The summed E-state index contributed by atoms with van der Waals surface area (Å²) in [5, 5.41) is 3.78. The van der Waals surface area contributed by atoms with Crippen LogP contribution in [0.15, 0.2) is 128 Å². The number of allylic oxidation sites excluding steroid dienone is 4.